The number of aryl methyl sites for hydroxylation is 1. The topological polar surface area (TPSA) is 84.2 Å². The SMILES string of the molecule is CC(=O)Nc1ccc(-c2nn(C)cc2C(=O)O)cc1. The van der Waals surface area contributed by atoms with Crippen LogP contribution >= 0.6 is 0 Å². The predicted molar refractivity (Wildman–Crippen MR) is 69.9 cm³/mol. The second kappa shape index (κ2) is 4.93. The predicted octanol–water partition coefficient (Wildman–Crippen LogP) is 1.74. The number of hydrogen-bond donors (Lipinski definition) is 2. The molecule has 1 aromatic heterocycles. The molecule has 1 amide bonds. The molecule has 0 saturated carbocycles. The molecule has 0 saturated heterocycles. The van der Waals surface area contributed by atoms with E-state index in [0.717, 1.165) is 0 Å². The first-order chi connectivity index (χ1) is 8.97. The Morgan fingerprint density at radius 2 is 1.89 bits per heavy atom. The molecule has 0 fully saturated rings. The van der Waals surface area contributed by atoms with E-state index in [2.05, 4.69) is 10.4 Å². The minimum atomic E-state index is -1.02. The minimum Gasteiger partial charge on any atom is -0.478 e. The highest BCUT2D eigenvalue weighted by molar-refractivity contribution is 5.95. The van der Waals surface area contributed by atoms with Gasteiger partial charge in [-0.15, -0.1) is 0 Å². The average molecular weight is 259 g/mol. The number of carbonyl (C=O) groups is 2. The fraction of sp³-hybridized carbons (Fsp3) is 0.154. The third-order valence-corrected chi connectivity index (χ3v) is 2.54. The Labute approximate surface area is 109 Å². The first-order valence-corrected chi connectivity index (χ1v) is 5.62. The molecule has 0 atom stereocenters. The molecule has 0 aliphatic heterocycles. The van der Waals surface area contributed by atoms with Gasteiger partial charge in [0.05, 0.1) is 0 Å². The summed E-state index contributed by atoms with van der Waals surface area (Å²) in [6, 6.07) is 6.86. The van der Waals surface area contributed by atoms with Gasteiger partial charge in [0.15, 0.2) is 0 Å². The third-order valence-electron chi connectivity index (χ3n) is 2.54. The van der Waals surface area contributed by atoms with Gasteiger partial charge in [-0.2, -0.15) is 5.10 Å². The normalized spacial score (nSPS) is 10.2. The summed E-state index contributed by atoms with van der Waals surface area (Å²) in [6.07, 6.45) is 1.46. The molecule has 2 rings (SSSR count). The lowest BCUT2D eigenvalue weighted by Crippen LogP contribution is -2.05. The highest BCUT2D eigenvalue weighted by Gasteiger charge is 2.15. The highest BCUT2D eigenvalue weighted by Crippen LogP contribution is 2.23. The summed E-state index contributed by atoms with van der Waals surface area (Å²) in [7, 11) is 1.67. The summed E-state index contributed by atoms with van der Waals surface area (Å²) in [5, 5.41) is 15.9. The van der Waals surface area contributed by atoms with Crippen LogP contribution in [-0.4, -0.2) is 26.8 Å². The number of carboxylic acid groups (broad SMARTS) is 1. The molecule has 2 N–H and O–H groups in total. The maximum absolute atomic E-state index is 11.1. The molecule has 0 bridgehead atoms. The summed E-state index contributed by atoms with van der Waals surface area (Å²) >= 11 is 0. The van der Waals surface area contributed by atoms with Crippen molar-refractivity contribution in [3.63, 3.8) is 0 Å². The summed E-state index contributed by atoms with van der Waals surface area (Å²) in [5.41, 5.74) is 1.90. The zero-order chi connectivity index (χ0) is 14.0. The Bertz CT molecular complexity index is 629. The van der Waals surface area contributed by atoms with E-state index < -0.39 is 5.97 Å². The van der Waals surface area contributed by atoms with E-state index in [1.807, 2.05) is 0 Å². The molecule has 1 heterocycles. The first-order valence-electron chi connectivity index (χ1n) is 5.62. The van der Waals surface area contributed by atoms with Gasteiger partial charge < -0.3 is 10.4 Å². The van der Waals surface area contributed by atoms with Crippen molar-refractivity contribution in [1.82, 2.24) is 9.78 Å². The van der Waals surface area contributed by atoms with Crippen molar-refractivity contribution in [1.29, 1.82) is 0 Å². The van der Waals surface area contributed by atoms with Crippen LogP contribution in [0.1, 0.15) is 17.3 Å². The van der Waals surface area contributed by atoms with Crippen LogP contribution in [0, 0.1) is 0 Å². The third kappa shape index (κ3) is 2.79. The lowest BCUT2D eigenvalue weighted by Gasteiger charge is -2.03. The maximum Gasteiger partial charge on any atom is 0.339 e. The van der Waals surface area contributed by atoms with Gasteiger partial charge in [0, 0.05) is 31.4 Å². The van der Waals surface area contributed by atoms with Crippen molar-refractivity contribution in [3.05, 3.63) is 36.0 Å². The van der Waals surface area contributed by atoms with Gasteiger partial charge in [-0.05, 0) is 12.1 Å². The molecular weight excluding hydrogens is 246 g/mol. The maximum atomic E-state index is 11.1. The fourth-order valence-corrected chi connectivity index (χ4v) is 1.77. The van der Waals surface area contributed by atoms with Crippen molar-refractivity contribution in [2.75, 3.05) is 5.32 Å². The Hall–Kier alpha value is -2.63. The van der Waals surface area contributed by atoms with Crippen molar-refractivity contribution < 1.29 is 14.7 Å². The van der Waals surface area contributed by atoms with E-state index in [0.29, 0.717) is 16.9 Å². The van der Waals surface area contributed by atoms with Crippen molar-refractivity contribution in [2.45, 2.75) is 6.92 Å². The molecule has 19 heavy (non-hydrogen) atoms. The van der Waals surface area contributed by atoms with Gasteiger partial charge in [0.2, 0.25) is 5.91 Å². The van der Waals surface area contributed by atoms with E-state index in [9.17, 15) is 9.59 Å². The van der Waals surface area contributed by atoms with Crippen LogP contribution in [0.3, 0.4) is 0 Å². The van der Waals surface area contributed by atoms with Crippen molar-refractivity contribution in [3.8, 4) is 11.3 Å². The van der Waals surface area contributed by atoms with Gasteiger partial charge in [-0.25, -0.2) is 4.79 Å². The van der Waals surface area contributed by atoms with Crippen molar-refractivity contribution >= 4 is 17.6 Å². The Kier molecular flexibility index (Phi) is 3.33. The lowest BCUT2D eigenvalue weighted by molar-refractivity contribution is -0.114. The molecule has 0 spiro atoms. The van der Waals surface area contributed by atoms with Crippen LogP contribution in [0.15, 0.2) is 30.5 Å². The van der Waals surface area contributed by atoms with Crippen LogP contribution < -0.4 is 5.32 Å². The van der Waals surface area contributed by atoms with E-state index in [-0.39, 0.29) is 11.5 Å². The van der Waals surface area contributed by atoms with E-state index >= 15 is 0 Å². The van der Waals surface area contributed by atoms with Crippen LogP contribution in [0.25, 0.3) is 11.3 Å². The van der Waals surface area contributed by atoms with Crippen molar-refractivity contribution in [2.24, 2.45) is 7.05 Å². The summed E-state index contributed by atoms with van der Waals surface area (Å²) in [6.45, 7) is 1.43. The molecule has 6 heteroatoms. The summed E-state index contributed by atoms with van der Waals surface area (Å²) in [5.74, 6) is -1.18. The van der Waals surface area contributed by atoms with Gasteiger partial charge in [-0.1, -0.05) is 12.1 Å². The second-order valence-electron chi connectivity index (χ2n) is 4.13. The number of rotatable bonds is 3. The number of nitrogens with zero attached hydrogens (tertiary/aromatic N) is 2. The zero-order valence-corrected chi connectivity index (χ0v) is 10.5. The van der Waals surface area contributed by atoms with E-state index in [1.54, 1.807) is 31.3 Å². The summed E-state index contributed by atoms with van der Waals surface area (Å²) in [4.78, 5) is 22.0. The quantitative estimate of drug-likeness (QED) is 0.879. The van der Waals surface area contributed by atoms with Gasteiger partial charge in [-0.3, -0.25) is 9.48 Å². The molecule has 2 aromatic rings. The lowest BCUT2D eigenvalue weighted by atomic mass is 10.1. The number of aromatic nitrogens is 2. The van der Waals surface area contributed by atoms with Crippen LogP contribution in [-0.2, 0) is 11.8 Å². The number of hydrogen-bond acceptors (Lipinski definition) is 3. The zero-order valence-electron chi connectivity index (χ0n) is 10.5. The van der Waals surface area contributed by atoms with E-state index in [1.165, 1.54) is 17.8 Å². The first kappa shape index (κ1) is 12.8. The molecule has 1 aromatic carbocycles. The van der Waals surface area contributed by atoms with E-state index in [4.69, 9.17) is 5.11 Å². The second-order valence-corrected chi connectivity index (χ2v) is 4.13. The Morgan fingerprint density at radius 1 is 1.26 bits per heavy atom. The molecule has 6 nitrogen and oxygen atoms in total. The number of amides is 1. The van der Waals surface area contributed by atoms with Crippen LogP contribution in [0.5, 0.6) is 0 Å². The smallest absolute Gasteiger partial charge is 0.339 e. The Balaban J connectivity index is 2.37. The largest absolute Gasteiger partial charge is 0.478 e. The average Bonchev–Trinajstić information content (AvgIpc) is 2.72. The monoisotopic (exact) mass is 259 g/mol. The van der Waals surface area contributed by atoms with Crippen LogP contribution in [0.4, 0.5) is 5.69 Å². The van der Waals surface area contributed by atoms with Crippen LogP contribution in [0.2, 0.25) is 0 Å². The standard InChI is InChI=1S/C13H13N3O3/c1-8(17)14-10-5-3-9(4-6-10)12-11(13(18)19)7-16(2)15-12/h3-7H,1-2H3,(H,14,17)(H,18,19). The molecule has 0 aliphatic rings. The molecule has 0 radical (unpaired) electrons. The number of nitrogens with one attached hydrogen (secondary N) is 1. The summed E-state index contributed by atoms with van der Waals surface area (Å²) < 4.78 is 1.46. The number of carboxylic acids is 1. The fourth-order valence-electron chi connectivity index (χ4n) is 1.77. The molecule has 98 valence electrons. The minimum absolute atomic E-state index is 0.148. The number of anilines is 1. The van der Waals surface area contributed by atoms with Gasteiger partial charge in [0.1, 0.15) is 11.3 Å². The molecule has 0 unspecified atom stereocenters. The number of benzene rings is 1. The molecular formula is C13H13N3O3. The Morgan fingerprint density at radius 3 is 2.42 bits per heavy atom. The van der Waals surface area contributed by atoms with Gasteiger partial charge >= 0.3 is 5.97 Å². The molecule has 0 aliphatic carbocycles. The highest BCUT2D eigenvalue weighted by atomic mass is 16.4. The number of carbonyl (C=O) groups excluding carboxylic acids is 1. The number of aromatic carboxylic acids is 1. The van der Waals surface area contributed by atoms with Gasteiger partial charge in [0.25, 0.3) is 0 Å².